The Labute approximate surface area is 174 Å². The Morgan fingerprint density at radius 3 is 2.17 bits per heavy atom. The third-order valence-electron chi connectivity index (χ3n) is 3.56. The van der Waals surface area contributed by atoms with E-state index in [1.54, 1.807) is 13.8 Å². The summed E-state index contributed by atoms with van der Waals surface area (Å²) in [5.74, 6) is -0.495. The van der Waals surface area contributed by atoms with Crippen LogP contribution in [0.2, 0.25) is 0 Å². The molecule has 0 spiro atoms. The average molecular weight is 429 g/mol. The zero-order valence-corrected chi connectivity index (χ0v) is 17.8. The standard InChI is InChI=1S/C18H28N4O6S/c1-6-12(17(26)20-9-14(23)19-10-15(24)28-4)21-18(27)13(7-8-29-5)22-16(25)11(2)3/h1,11-13H,7-10H2,2-5H3,(H,19,23)(H,20,26)(H,21,27)(H,22,25)/t12-,13-/m0/s1. The summed E-state index contributed by atoms with van der Waals surface area (Å²) in [5, 5.41) is 9.53. The first-order valence-electron chi connectivity index (χ1n) is 8.83. The number of esters is 1. The Kier molecular flexibility index (Phi) is 12.9. The van der Waals surface area contributed by atoms with Crippen LogP contribution in [-0.2, 0) is 28.7 Å². The smallest absolute Gasteiger partial charge is 0.325 e. The van der Waals surface area contributed by atoms with Gasteiger partial charge in [-0.1, -0.05) is 19.8 Å². The van der Waals surface area contributed by atoms with E-state index < -0.39 is 42.3 Å². The number of methoxy groups -OCH3 is 1. The highest BCUT2D eigenvalue weighted by Crippen LogP contribution is 2.03. The second-order valence-electron chi connectivity index (χ2n) is 6.18. The second-order valence-corrected chi connectivity index (χ2v) is 7.16. The van der Waals surface area contributed by atoms with E-state index in [1.165, 1.54) is 18.9 Å². The highest BCUT2D eigenvalue weighted by Gasteiger charge is 2.26. The molecule has 2 atom stereocenters. The zero-order chi connectivity index (χ0) is 22.4. The molecule has 0 aliphatic heterocycles. The summed E-state index contributed by atoms with van der Waals surface area (Å²) >= 11 is 1.51. The molecule has 0 aromatic heterocycles. The molecule has 0 fully saturated rings. The lowest BCUT2D eigenvalue weighted by atomic mass is 10.1. The van der Waals surface area contributed by atoms with Gasteiger partial charge in [0.25, 0.3) is 5.91 Å². The fraction of sp³-hybridized carbons (Fsp3) is 0.611. The minimum Gasteiger partial charge on any atom is -0.468 e. The first-order chi connectivity index (χ1) is 13.7. The van der Waals surface area contributed by atoms with E-state index in [-0.39, 0.29) is 18.4 Å². The van der Waals surface area contributed by atoms with Crippen LogP contribution < -0.4 is 21.3 Å². The van der Waals surface area contributed by atoms with Gasteiger partial charge in [0.15, 0.2) is 6.04 Å². The number of hydrogen-bond donors (Lipinski definition) is 4. The van der Waals surface area contributed by atoms with Crippen LogP contribution in [0.1, 0.15) is 20.3 Å². The van der Waals surface area contributed by atoms with Gasteiger partial charge in [-0.15, -0.1) is 6.42 Å². The predicted molar refractivity (Wildman–Crippen MR) is 109 cm³/mol. The lowest BCUT2D eigenvalue weighted by molar-refractivity contribution is -0.141. The van der Waals surface area contributed by atoms with E-state index >= 15 is 0 Å². The van der Waals surface area contributed by atoms with Crippen molar-refractivity contribution in [3.8, 4) is 12.3 Å². The number of rotatable bonds is 12. The van der Waals surface area contributed by atoms with Crippen molar-refractivity contribution >= 4 is 41.4 Å². The van der Waals surface area contributed by atoms with Crippen LogP contribution in [-0.4, -0.2) is 73.9 Å². The van der Waals surface area contributed by atoms with Crippen LogP contribution in [0.3, 0.4) is 0 Å². The van der Waals surface area contributed by atoms with E-state index in [0.717, 1.165) is 0 Å². The van der Waals surface area contributed by atoms with E-state index in [0.29, 0.717) is 12.2 Å². The normalized spacial score (nSPS) is 12.1. The Morgan fingerprint density at radius 2 is 1.66 bits per heavy atom. The molecule has 0 aromatic carbocycles. The van der Waals surface area contributed by atoms with Gasteiger partial charge in [-0.05, 0) is 18.4 Å². The molecule has 162 valence electrons. The average Bonchev–Trinajstić information content (AvgIpc) is 2.70. The fourth-order valence-electron chi connectivity index (χ4n) is 1.84. The molecule has 11 heteroatoms. The van der Waals surface area contributed by atoms with Crippen molar-refractivity contribution in [3.05, 3.63) is 0 Å². The van der Waals surface area contributed by atoms with Gasteiger partial charge in [0.2, 0.25) is 17.7 Å². The molecule has 0 bridgehead atoms. The maximum Gasteiger partial charge on any atom is 0.325 e. The molecular formula is C18H28N4O6S. The summed E-state index contributed by atoms with van der Waals surface area (Å²) in [5.41, 5.74) is 0. The SMILES string of the molecule is C#C[C@H](NC(=O)[C@H](CCSC)NC(=O)C(C)C)C(=O)NCC(=O)NCC(=O)OC. The van der Waals surface area contributed by atoms with E-state index in [9.17, 15) is 24.0 Å². The van der Waals surface area contributed by atoms with E-state index in [1.807, 2.05) is 6.26 Å². The van der Waals surface area contributed by atoms with Gasteiger partial charge >= 0.3 is 5.97 Å². The summed E-state index contributed by atoms with van der Waals surface area (Å²) < 4.78 is 4.37. The summed E-state index contributed by atoms with van der Waals surface area (Å²) in [4.78, 5) is 59.1. The number of thioether (sulfide) groups is 1. The van der Waals surface area contributed by atoms with Crippen molar-refractivity contribution in [2.24, 2.45) is 5.92 Å². The van der Waals surface area contributed by atoms with Gasteiger partial charge in [-0.2, -0.15) is 11.8 Å². The molecular weight excluding hydrogens is 400 g/mol. The Balaban J connectivity index is 4.77. The van der Waals surface area contributed by atoms with Crippen molar-refractivity contribution in [2.45, 2.75) is 32.4 Å². The van der Waals surface area contributed by atoms with Crippen molar-refractivity contribution < 1.29 is 28.7 Å². The molecule has 4 N–H and O–H groups in total. The lowest BCUT2D eigenvalue weighted by Crippen LogP contribution is -2.54. The maximum atomic E-state index is 12.5. The minimum absolute atomic E-state index is 0.296. The zero-order valence-electron chi connectivity index (χ0n) is 17.0. The van der Waals surface area contributed by atoms with Crippen molar-refractivity contribution in [1.29, 1.82) is 0 Å². The molecule has 0 aliphatic rings. The van der Waals surface area contributed by atoms with E-state index in [4.69, 9.17) is 6.42 Å². The first-order valence-corrected chi connectivity index (χ1v) is 10.2. The Bertz CT molecular complexity index is 647. The van der Waals surface area contributed by atoms with Gasteiger partial charge in [-0.3, -0.25) is 24.0 Å². The minimum atomic E-state index is -1.33. The summed E-state index contributed by atoms with van der Waals surface area (Å²) in [7, 11) is 1.17. The first kappa shape index (κ1) is 26.3. The predicted octanol–water partition coefficient (Wildman–Crippen LogP) is -1.60. The topological polar surface area (TPSA) is 143 Å². The molecule has 0 unspecified atom stereocenters. The second kappa shape index (κ2) is 14.3. The number of carbonyl (C=O) groups excluding carboxylic acids is 5. The number of hydrogen-bond acceptors (Lipinski definition) is 7. The maximum absolute atomic E-state index is 12.5. The highest BCUT2D eigenvalue weighted by molar-refractivity contribution is 7.98. The van der Waals surface area contributed by atoms with Crippen LogP contribution in [0.25, 0.3) is 0 Å². The summed E-state index contributed by atoms with van der Waals surface area (Å²) in [6, 6.07) is -2.17. The van der Waals surface area contributed by atoms with Crippen LogP contribution >= 0.6 is 11.8 Å². The van der Waals surface area contributed by atoms with Crippen LogP contribution in [0.15, 0.2) is 0 Å². The Hall–Kier alpha value is -2.74. The molecule has 0 aliphatic carbocycles. The molecule has 10 nitrogen and oxygen atoms in total. The van der Waals surface area contributed by atoms with Gasteiger partial charge in [-0.25, -0.2) is 0 Å². The molecule has 29 heavy (non-hydrogen) atoms. The van der Waals surface area contributed by atoms with Crippen LogP contribution in [0, 0.1) is 18.3 Å². The van der Waals surface area contributed by atoms with Gasteiger partial charge < -0.3 is 26.0 Å². The summed E-state index contributed by atoms with van der Waals surface area (Å²) in [6.45, 7) is 2.61. The van der Waals surface area contributed by atoms with Crippen LogP contribution in [0.5, 0.6) is 0 Å². The molecule has 0 saturated carbocycles. The quantitative estimate of drug-likeness (QED) is 0.217. The highest BCUT2D eigenvalue weighted by atomic mass is 32.2. The molecule has 0 radical (unpaired) electrons. The van der Waals surface area contributed by atoms with E-state index in [2.05, 4.69) is 31.9 Å². The molecule has 0 heterocycles. The number of nitrogens with one attached hydrogen (secondary N) is 4. The van der Waals surface area contributed by atoms with Crippen LogP contribution in [0.4, 0.5) is 0 Å². The van der Waals surface area contributed by atoms with Gasteiger partial charge in [0.05, 0.1) is 13.7 Å². The Morgan fingerprint density at radius 1 is 1.00 bits per heavy atom. The fourth-order valence-corrected chi connectivity index (χ4v) is 2.31. The van der Waals surface area contributed by atoms with Gasteiger partial charge in [0, 0.05) is 5.92 Å². The lowest BCUT2D eigenvalue weighted by Gasteiger charge is -2.21. The molecule has 0 rings (SSSR count). The largest absolute Gasteiger partial charge is 0.468 e. The monoisotopic (exact) mass is 428 g/mol. The third-order valence-corrected chi connectivity index (χ3v) is 4.21. The molecule has 0 aromatic rings. The van der Waals surface area contributed by atoms with Gasteiger partial charge in [0.1, 0.15) is 12.6 Å². The summed E-state index contributed by atoms with van der Waals surface area (Å²) in [6.07, 6.45) is 7.54. The number of ether oxygens (including phenoxy) is 1. The molecule has 4 amide bonds. The number of amides is 4. The number of carbonyl (C=O) groups is 5. The van der Waals surface area contributed by atoms with Crippen molar-refractivity contribution in [1.82, 2.24) is 21.3 Å². The van der Waals surface area contributed by atoms with Crippen molar-refractivity contribution in [2.75, 3.05) is 32.2 Å². The molecule has 0 saturated heterocycles. The third kappa shape index (κ3) is 11.0. The number of terminal acetylenes is 1. The van der Waals surface area contributed by atoms with Crippen molar-refractivity contribution in [3.63, 3.8) is 0 Å².